The molecule has 0 bridgehead atoms. The van der Waals surface area contributed by atoms with Crippen molar-refractivity contribution >= 4 is 58.5 Å². The van der Waals surface area contributed by atoms with E-state index >= 15 is 0 Å². The van der Waals surface area contributed by atoms with Crippen molar-refractivity contribution in [3.63, 3.8) is 0 Å². The molecular weight excluding hydrogens is 466 g/mol. The summed E-state index contributed by atoms with van der Waals surface area (Å²) >= 11 is 23.8. The van der Waals surface area contributed by atoms with E-state index in [-0.39, 0.29) is 30.5 Å². The molecule has 10 heteroatoms. The van der Waals surface area contributed by atoms with Gasteiger partial charge in [-0.05, 0) is 0 Å². The third kappa shape index (κ3) is 3.59. The van der Waals surface area contributed by atoms with Crippen LogP contribution in [-0.4, -0.2) is 36.8 Å². The number of alkyl halides is 4. The standard InChI is InChI=1S/C9H13Cl3INO3PS/c1-3-15-18(19,16-4-2)17-7-5(10)6-9(12,13-6)8(11)14-7/h5-7H,3-4H2,1-2H3/q-1/t5-,6?,7?,9?/m0/s1. The van der Waals surface area contributed by atoms with Crippen LogP contribution in [-0.2, 0) is 25.4 Å². The van der Waals surface area contributed by atoms with Crippen molar-refractivity contribution in [3.05, 3.63) is 0 Å². The summed E-state index contributed by atoms with van der Waals surface area (Å²) in [5.41, 5.74) is 0. The SMILES string of the molecule is CCOP(=S)(OCC)OC1N=C(Cl)C2(Cl)[I-]C2[C@@H]1Cl. The number of aliphatic imine (C=N–C) groups is 1. The first-order valence-corrected chi connectivity index (χ1v) is 11.7. The Balaban J connectivity index is 2.12. The molecule has 4 nitrogen and oxygen atoms in total. The Labute approximate surface area is 143 Å². The molecular formula is C9H13Cl3INO3PS-. The quantitative estimate of drug-likeness (QED) is 0.312. The van der Waals surface area contributed by atoms with Gasteiger partial charge < -0.3 is 0 Å². The van der Waals surface area contributed by atoms with Gasteiger partial charge in [0.25, 0.3) is 0 Å². The van der Waals surface area contributed by atoms with Crippen molar-refractivity contribution < 1.29 is 34.8 Å². The van der Waals surface area contributed by atoms with Gasteiger partial charge in [0.05, 0.1) is 0 Å². The van der Waals surface area contributed by atoms with Crippen molar-refractivity contribution in [2.75, 3.05) is 13.2 Å². The number of rotatable bonds is 6. The van der Waals surface area contributed by atoms with Crippen LogP contribution < -0.4 is 21.2 Å². The summed E-state index contributed by atoms with van der Waals surface area (Å²) in [5, 5.41) is 0.0550. The van der Waals surface area contributed by atoms with E-state index in [4.69, 9.17) is 60.2 Å². The summed E-state index contributed by atoms with van der Waals surface area (Å²) in [6, 6.07) is 0. The Kier molecular flexibility index (Phi) is 5.87. The van der Waals surface area contributed by atoms with Gasteiger partial charge in [-0.1, -0.05) is 0 Å². The zero-order chi connectivity index (χ0) is 14.3. The van der Waals surface area contributed by atoms with Gasteiger partial charge in [-0.25, -0.2) is 0 Å². The minimum atomic E-state index is -2.83. The number of nitrogens with zero attached hydrogens (tertiary/aromatic N) is 1. The molecule has 112 valence electrons. The Morgan fingerprint density at radius 3 is 2.53 bits per heavy atom. The van der Waals surface area contributed by atoms with E-state index < -0.39 is 15.8 Å². The molecule has 0 aromatic heterocycles. The van der Waals surface area contributed by atoms with E-state index in [0.29, 0.717) is 18.4 Å². The maximum absolute atomic E-state index is 6.35. The van der Waals surface area contributed by atoms with Gasteiger partial charge in [0.15, 0.2) is 0 Å². The monoisotopic (exact) mass is 478 g/mol. The predicted molar refractivity (Wildman–Crippen MR) is 77.7 cm³/mol. The van der Waals surface area contributed by atoms with E-state index in [1.807, 2.05) is 13.8 Å². The van der Waals surface area contributed by atoms with Crippen LogP contribution in [0.5, 0.6) is 0 Å². The van der Waals surface area contributed by atoms with Gasteiger partial charge in [-0.15, -0.1) is 0 Å². The summed E-state index contributed by atoms with van der Waals surface area (Å²) in [5.74, 6) is 0. The van der Waals surface area contributed by atoms with Crippen molar-refractivity contribution in [2.45, 2.75) is 32.3 Å². The van der Waals surface area contributed by atoms with Crippen molar-refractivity contribution in [1.82, 2.24) is 0 Å². The first-order chi connectivity index (χ1) is 8.86. The van der Waals surface area contributed by atoms with Gasteiger partial charge in [0, 0.05) is 0 Å². The molecule has 19 heavy (non-hydrogen) atoms. The van der Waals surface area contributed by atoms with Crippen molar-refractivity contribution in [2.24, 2.45) is 4.99 Å². The molecule has 2 aliphatic rings. The van der Waals surface area contributed by atoms with E-state index in [9.17, 15) is 0 Å². The van der Waals surface area contributed by atoms with E-state index in [2.05, 4.69) is 4.99 Å². The summed E-state index contributed by atoms with van der Waals surface area (Å²) in [6.07, 6.45) is -0.642. The van der Waals surface area contributed by atoms with Gasteiger partial charge in [0.1, 0.15) is 0 Å². The molecule has 0 saturated carbocycles. The summed E-state index contributed by atoms with van der Waals surface area (Å²) in [6.45, 7) is 1.64. The van der Waals surface area contributed by atoms with Gasteiger partial charge >= 0.3 is 144 Å². The van der Waals surface area contributed by atoms with Crippen LogP contribution >= 0.6 is 41.5 Å². The second kappa shape index (κ2) is 6.50. The fraction of sp³-hybridized carbons (Fsp3) is 0.889. The predicted octanol–water partition coefficient (Wildman–Crippen LogP) is 0.291. The number of hydrogen-bond donors (Lipinski definition) is 0. The number of fused-ring (bicyclic) bond motifs is 1. The Hall–Kier alpha value is 1.80. The van der Waals surface area contributed by atoms with Crippen molar-refractivity contribution in [3.8, 4) is 0 Å². The Morgan fingerprint density at radius 1 is 1.42 bits per heavy atom. The molecule has 2 rings (SSSR count). The third-order valence-corrected chi connectivity index (χ3v) is 11.8. The van der Waals surface area contributed by atoms with Gasteiger partial charge in [-0.2, -0.15) is 0 Å². The molecule has 0 spiro atoms. The normalized spacial score (nSPS) is 38.2. The van der Waals surface area contributed by atoms with E-state index in [1.54, 1.807) is 0 Å². The molecule has 1 fully saturated rings. The van der Waals surface area contributed by atoms with Crippen LogP contribution in [0.15, 0.2) is 4.99 Å². The van der Waals surface area contributed by atoms with Gasteiger partial charge in [-0.3, -0.25) is 0 Å². The molecule has 0 aromatic rings. The second-order valence-corrected chi connectivity index (χ2v) is 12.5. The van der Waals surface area contributed by atoms with Crippen LogP contribution in [0.1, 0.15) is 13.8 Å². The maximum atomic E-state index is 6.35. The topological polar surface area (TPSA) is 40.0 Å². The summed E-state index contributed by atoms with van der Waals surface area (Å²) < 4.78 is 16.2. The van der Waals surface area contributed by atoms with Crippen LogP contribution in [0, 0.1) is 0 Å². The fourth-order valence-corrected chi connectivity index (χ4v) is 8.76. The van der Waals surface area contributed by atoms with Crippen molar-refractivity contribution in [1.29, 1.82) is 0 Å². The first-order valence-electron chi connectivity index (χ1n) is 5.65. The van der Waals surface area contributed by atoms with Crippen LogP contribution in [0.2, 0.25) is 0 Å². The van der Waals surface area contributed by atoms with Gasteiger partial charge in [0.2, 0.25) is 0 Å². The summed E-state index contributed by atoms with van der Waals surface area (Å²) in [7, 11) is 0. The second-order valence-electron chi connectivity index (χ2n) is 3.78. The molecule has 2 aliphatic heterocycles. The third-order valence-electron chi connectivity index (χ3n) is 2.45. The average Bonchev–Trinajstić information content (AvgIpc) is 3.01. The molecule has 0 radical (unpaired) electrons. The minimum absolute atomic E-state index is 0.163. The fourth-order valence-electron chi connectivity index (χ4n) is 1.60. The molecule has 2 heterocycles. The zero-order valence-corrected chi connectivity index (χ0v) is 16.3. The van der Waals surface area contributed by atoms with E-state index in [1.165, 1.54) is 0 Å². The number of halogens is 4. The molecule has 1 saturated heterocycles. The van der Waals surface area contributed by atoms with Crippen LogP contribution in [0.25, 0.3) is 0 Å². The number of hydrogen-bond acceptors (Lipinski definition) is 5. The molecule has 0 N–H and O–H groups in total. The molecule has 0 amide bonds. The first kappa shape index (κ1) is 17.2. The van der Waals surface area contributed by atoms with Crippen LogP contribution in [0.4, 0.5) is 0 Å². The summed E-state index contributed by atoms with van der Waals surface area (Å²) in [4.78, 5) is 4.23. The Bertz CT molecular complexity index is 433. The molecule has 0 aliphatic carbocycles. The molecule has 0 aromatic carbocycles. The average molecular weight is 480 g/mol. The molecule has 4 atom stereocenters. The zero-order valence-electron chi connectivity index (χ0n) is 10.2. The Morgan fingerprint density at radius 2 is 2.00 bits per heavy atom. The van der Waals surface area contributed by atoms with Crippen LogP contribution in [0.3, 0.4) is 0 Å². The van der Waals surface area contributed by atoms with E-state index in [0.717, 1.165) is 0 Å². The molecule has 3 unspecified atom stereocenters.